The Morgan fingerprint density at radius 2 is 2.17 bits per heavy atom. The molecule has 1 aliphatic rings. The Bertz CT molecular complexity index is 711. The topological polar surface area (TPSA) is 57.5 Å². The number of aryl methyl sites for hydroxylation is 1. The fourth-order valence-electron chi connectivity index (χ4n) is 2.58. The van der Waals surface area contributed by atoms with Crippen molar-refractivity contribution in [2.75, 3.05) is 25.0 Å². The number of nitrogens with zero attached hydrogens (tertiary/aromatic N) is 1. The van der Waals surface area contributed by atoms with Crippen LogP contribution in [0.2, 0.25) is 0 Å². The maximum atomic E-state index is 11.3. The summed E-state index contributed by atoms with van der Waals surface area (Å²) >= 11 is 1.72. The van der Waals surface area contributed by atoms with Crippen molar-refractivity contribution >= 4 is 23.5 Å². The van der Waals surface area contributed by atoms with E-state index in [0.717, 1.165) is 41.7 Å². The lowest BCUT2D eigenvalue weighted by atomic mass is 10.2. The Balaban J connectivity index is 1.59. The summed E-state index contributed by atoms with van der Waals surface area (Å²) in [6.45, 7) is 8.18. The second kappa shape index (κ2) is 7.70. The molecule has 0 bridgehead atoms. The van der Waals surface area contributed by atoms with E-state index in [1.54, 1.807) is 11.9 Å². The quantitative estimate of drug-likeness (QED) is 0.644. The highest BCUT2D eigenvalue weighted by atomic mass is 32.2. The first-order chi connectivity index (χ1) is 11.6. The Morgan fingerprint density at radius 3 is 2.83 bits per heavy atom. The van der Waals surface area contributed by atoms with E-state index in [1.165, 1.54) is 6.08 Å². The van der Waals surface area contributed by atoms with Crippen LogP contribution in [0, 0.1) is 6.92 Å². The van der Waals surface area contributed by atoms with E-state index < -0.39 is 0 Å². The molecule has 2 N–H and O–H groups in total. The van der Waals surface area contributed by atoms with Crippen LogP contribution in [0.3, 0.4) is 0 Å². The van der Waals surface area contributed by atoms with Crippen molar-refractivity contribution in [2.45, 2.75) is 17.9 Å². The molecule has 3 rings (SSSR count). The molecule has 0 spiro atoms. The van der Waals surface area contributed by atoms with Gasteiger partial charge in [-0.05, 0) is 61.3 Å². The number of rotatable bonds is 5. The van der Waals surface area contributed by atoms with Gasteiger partial charge in [0.2, 0.25) is 5.91 Å². The Hall–Kier alpha value is -2.02. The third-order valence-corrected chi connectivity index (χ3v) is 4.86. The molecule has 126 valence electrons. The number of carbonyl (C=O) groups is 1. The van der Waals surface area contributed by atoms with Crippen molar-refractivity contribution in [1.29, 1.82) is 0 Å². The van der Waals surface area contributed by atoms with Gasteiger partial charge in [0.25, 0.3) is 0 Å². The number of benzene rings is 1. The molecule has 24 heavy (non-hydrogen) atoms. The molecule has 0 radical (unpaired) electrons. The van der Waals surface area contributed by atoms with Crippen LogP contribution in [0.15, 0.2) is 58.4 Å². The standard InChI is InChI=1S/C18H21N3O2S/c1-3-18(22)20-14-5-7-15(8-6-14)24-21-11-10-19-16(12-21)17-9-4-13(2)23-17/h3-9,16,19H,1,10-12H2,2H3,(H,20,22). The molecule has 2 heterocycles. The second-order valence-electron chi connectivity index (χ2n) is 5.65. The second-order valence-corrected chi connectivity index (χ2v) is 6.82. The molecule has 0 saturated carbocycles. The lowest BCUT2D eigenvalue weighted by Gasteiger charge is -2.31. The normalized spacial score (nSPS) is 18.3. The minimum Gasteiger partial charge on any atom is -0.465 e. The van der Waals surface area contributed by atoms with Gasteiger partial charge in [-0.15, -0.1) is 0 Å². The molecule has 1 fully saturated rings. The van der Waals surface area contributed by atoms with Crippen LogP contribution in [0.25, 0.3) is 0 Å². The summed E-state index contributed by atoms with van der Waals surface area (Å²) in [5.74, 6) is 1.73. The van der Waals surface area contributed by atoms with E-state index in [0.29, 0.717) is 0 Å². The average molecular weight is 343 g/mol. The first-order valence-electron chi connectivity index (χ1n) is 7.90. The van der Waals surface area contributed by atoms with Gasteiger partial charge in [-0.25, -0.2) is 4.31 Å². The van der Waals surface area contributed by atoms with Gasteiger partial charge >= 0.3 is 0 Å². The van der Waals surface area contributed by atoms with Crippen molar-refractivity contribution in [2.24, 2.45) is 0 Å². The highest BCUT2D eigenvalue weighted by Crippen LogP contribution is 2.28. The summed E-state index contributed by atoms with van der Waals surface area (Å²) in [6, 6.07) is 12.1. The Kier molecular flexibility index (Phi) is 5.40. The smallest absolute Gasteiger partial charge is 0.247 e. The predicted octanol–water partition coefficient (Wildman–Crippen LogP) is 3.37. The lowest BCUT2D eigenvalue weighted by Crippen LogP contribution is -2.42. The van der Waals surface area contributed by atoms with Crippen LogP contribution in [-0.4, -0.2) is 29.8 Å². The molecule has 5 nitrogen and oxygen atoms in total. The lowest BCUT2D eigenvalue weighted by molar-refractivity contribution is -0.111. The van der Waals surface area contributed by atoms with Gasteiger partial charge in [0, 0.05) is 30.2 Å². The maximum absolute atomic E-state index is 11.3. The number of hydrogen-bond acceptors (Lipinski definition) is 5. The summed E-state index contributed by atoms with van der Waals surface area (Å²) in [7, 11) is 0. The van der Waals surface area contributed by atoms with Crippen LogP contribution in [0.5, 0.6) is 0 Å². The first kappa shape index (κ1) is 16.8. The van der Waals surface area contributed by atoms with Crippen molar-refractivity contribution in [1.82, 2.24) is 9.62 Å². The van der Waals surface area contributed by atoms with Gasteiger partial charge in [-0.3, -0.25) is 4.79 Å². The van der Waals surface area contributed by atoms with Crippen molar-refractivity contribution in [3.63, 3.8) is 0 Å². The van der Waals surface area contributed by atoms with Gasteiger partial charge in [-0.1, -0.05) is 6.58 Å². The van der Waals surface area contributed by atoms with Gasteiger partial charge in [0.1, 0.15) is 11.5 Å². The molecular formula is C18H21N3O2S. The summed E-state index contributed by atoms with van der Waals surface area (Å²) < 4.78 is 8.07. The number of piperazine rings is 1. The largest absolute Gasteiger partial charge is 0.465 e. The molecule has 1 unspecified atom stereocenters. The van der Waals surface area contributed by atoms with Gasteiger partial charge in [0.05, 0.1) is 6.04 Å². The summed E-state index contributed by atoms with van der Waals surface area (Å²) in [4.78, 5) is 12.4. The number of amides is 1. The van der Waals surface area contributed by atoms with E-state index in [-0.39, 0.29) is 11.9 Å². The number of hydrogen-bond donors (Lipinski definition) is 2. The molecular weight excluding hydrogens is 322 g/mol. The highest BCUT2D eigenvalue weighted by Gasteiger charge is 2.23. The van der Waals surface area contributed by atoms with Crippen LogP contribution >= 0.6 is 11.9 Å². The van der Waals surface area contributed by atoms with Crippen molar-refractivity contribution in [3.05, 3.63) is 60.6 Å². The molecule has 1 aliphatic heterocycles. The molecule has 6 heteroatoms. The number of furan rings is 1. The van der Waals surface area contributed by atoms with E-state index in [9.17, 15) is 4.79 Å². The van der Waals surface area contributed by atoms with Crippen LogP contribution in [-0.2, 0) is 4.79 Å². The van der Waals surface area contributed by atoms with Crippen molar-refractivity contribution in [3.8, 4) is 0 Å². The number of anilines is 1. The van der Waals surface area contributed by atoms with E-state index in [2.05, 4.69) is 21.5 Å². The zero-order valence-corrected chi connectivity index (χ0v) is 14.4. The highest BCUT2D eigenvalue weighted by molar-refractivity contribution is 7.97. The average Bonchev–Trinajstić information content (AvgIpc) is 3.03. The number of nitrogens with one attached hydrogen (secondary N) is 2. The van der Waals surface area contributed by atoms with Crippen molar-refractivity contribution < 1.29 is 9.21 Å². The fourth-order valence-corrected chi connectivity index (χ4v) is 3.54. The molecule has 1 amide bonds. The maximum Gasteiger partial charge on any atom is 0.247 e. The first-order valence-corrected chi connectivity index (χ1v) is 8.67. The number of carbonyl (C=O) groups excluding carboxylic acids is 1. The van der Waals surface area contributed by atoms with Crippen LogP contribution < -0.4 is 10.6 Å². The third-order valence-electron chi connectivity index (χ3n) is 3.78. The summed E-state index contributed by atoms with van der Waals surface area (Å²) in [6.07, 6.45) is 1.26. The minimum absolute atomic E-state index is 0.200. The van der Waals surface area contributed by atoms with E-state index >= 15 is 0 Å². The Labute approximate surface area is 146 Å². The van der Waals surface area contributed by atoms with Gasteiger partial charge < -0.3 is 15.1 Å². The SMILES string of the molecule is C=CC(=O)Nc1ccc(SN2CCNC(c3ccc(C)o3)C2)cc1. The molecule has 0 aliphatic carbocycles. The zero-order valence-electron chi connectivity index (χ0n) is 13.6. The molecule has 1 aromatic heterocycles. The fraction of sp³-hybridized carbons (Fsp3) is 0.278. The monoisotopic (exact) mass is 343 g/mol. The van der Waals surface area contributed by atoms with Gasteiger partial charge in [0.15, 0.2) is 0 Å². The molecule has 2 aromatic rings. The Morgan fingerprint density at radius 1 is 1.38 bits per heavy atom. The predicted molar refractivity (Wildman–Crippen MR) is 96.9 cm³/mol. The van der Waals surface area contributed by atoms with E-state index in [4.69, 9.17) is 4.42 Å². The molecule has 1 aromatic carbocycles. The minimum atomic E-state index is -0.200. The summed E-state index contributed by atoms with van der Waals surface area (Å²) in [5.41, 5.74) is 0.772. The zero-order chi connectivity index (χ0) is 16.9. The van der Waals surface area contributed by atoms with Gasteiger partial charge in [-0.2, -0.15) is 0 Å². The van der Waals surface area contributed by atoms with Crippen LogP contribution in [0.4, 0.5) is 5.69 Å². The molecule has 1 atom stereocenters. The van der Waals surface area contributed by atoms with E-state index in [1.807, 2.05) is 43.3 Å². The summed E-state index contributed by atoms with van der Waals surface area (Å²) in [5, 5.41) is 6.25. The molecule has 1 saturated heterocycles. The van der Waals surface area contributed by atoms with Crippen LogP contribution in [0.1, 0.15) is 17.6 Å². The third kappa shape index (κ3) is 4.29.